The number of alkyl halides is 2. The number of hydrogen-bond donors (Lipinski definition) is 3. The van der Waals surface area contributed by atoms with Crippen LogP contribution in [0.25, 0.3) is 0 Å². The predicted molar refractivity (Wildman–Crippen MR) is 134 cm³/mol. The number of fused-ring (bicyclic) bond motifs is 3. The van der Waals surface area contributed by atoms with Gasteiger partial charge in [0.15, 0.2) is 0 Å². The molecule has 11 heteroatoms. The Morgan fingerprint density at radius 3 is 2.76 bits per heavy atom. The number of benzene rings is 1. The van der Waals surface area contributed by atoms with Crippen molar-refractivity contribution in [1.82, 2.24) is 15.5 Å². The van der Waals surface area contributed by atoms with Crippen molar-refractivity contribution in [2.45, 2.75) is 82.5 Å². The van der Waals surface area contributed by atoms with Gasteiger partial charge in [0.2, 0.25) is 17.7 Å². The topological polar surface area (TPSA) is 114 Å². The molecule has 37 heavy (non-hydrogen) atoms. The molecule has 4 aliphatic rings. The summed E-state index contributed by atoms with van der Waals surface area (Å²) < 4.78 is 29.9. The summed E-state index contributed by atoms with van der Waals surface area (Å²) in [7, 11) is 0. The van der Waals surface area contributed by atoms with E-state index in [9.17, 15) is 28.4 Å². The van der Waals surface area contributed by atoms with Gasteiger partial charge in [-0.05, 0) is 63.6 Å². The maximum absolute atomic E-state index is 15.0. The molecule has 3 heterocycles. The molecule has 1 aromatic rings. The average molecular weight is 536 g/mol. The van der Waals surface area contributed by atoms with E-state index >= 15 is 0 Å². The van der Waals surface area contributed by atoms with Gasteiger partial charge in [0.05, 0.1) is 12.0 Å². The van der Waals surface area contributed by atoms with Gasteiger partial charge in [-0.2, -0.15) is 5.26 Å². The first-order chi connectivity index (χ1) is 17.5. The molecule has 6 atom stereocenters. The van der Waals surface area contributed by atoms with Crippen molar-refractivity contribution in [3.05, 3.63) is 28.8 Å². The molecular weight excluding hydrogens is 504 g/mol. The second-order valence-corrected chi connectivity index (χ2v) is 10.7. The standard InChI is InChI=1S/C26H32ClF2N5O3/c1-14-20(27)6-3-7-21(14)32-15(2)25(37)34-18-8-9-19(26(28,29)12-18)22(34)24(36)33-17(13-30)11-16-5-4-10-31-23(16)35/h3,6-7,15-19,22,32H,4-5,8-12H2,1-2H3,(H,31,35)(H,33,36)/t15-,16-,17+,18-,19-,22+/m0/s1. The zero-order valence-corrected chi connectivity index (χ0v) is 21.7. The number of nitriles is 1. The molecule has 3 saturated heterocycles. The molecule has 3 amide bonds. The average Bonchev–Trinajstić information content (AvgIpc) is 2.86. The number of hydrogen-bond acceptors (Lipinski definition) is 5. The Bertz CT molecular complexity index is 1110. The van der Waals surface area contributed by atoms with Crippen molar-refractivity contribution in [1.29, 1.82) is 5.26 Å². The van der Waals surface area contributed by atoms with E-state index in [1.54, 1.807) is 32.0 Å². The molecule has 1 aliphatic carbocycles. The lowest BCUT2D eigenvalue weighted by atomic mass is 9.71. The van der Waals surface area contributed by atoms with E-state index in [4.69, 9.17) is 11.6 Å². The molecule has 1 saturated carbocycles. The van der Waals surface area contributed by atoms with Gasteiger partial charge in [-0.25, -0.2) is 8.78 Å². The quantitative estimate of drug-likeness (QED) is 0.495. The summed E-state index contributed by atoms with van der Waals surface area (Å²) in [6.45, 7) is 3.99. The molecule has 5 rings (SSSR count). The molecule has 0 aromatic heterocycles. The van der Waals surface area contributed by atoms with Crippen molar-refractivity contribution in [3.8, 4) is 6.07 Å². The fourth-order valence-electron chi connectivity index (χ4n) is 5.85. The van der Waals surface area contributed by atoms with Gasteiger partial charge in [0, 0.05) is 35.6 Å². The highest BCUT2D eigenvalue weighted by Crippen LogP contribution is 2.49. The Kier molecular flexibility index (Phi) is 7.93. The number of piperidine rings is 3. The highest BCUT2D eigenvalue weighted by atomic mass is 35.5. The molecule has 0 spiro atoms. The largest absolute Gasteiger partial charge is 0.374 e. The van der Waals surface area contributed by atoms with Gasteiger partial charge >= 0.3 is 0 Å². The maximum atomic E-state index is 15.0. The molecule has 2 bridgehead atoms. The number of halogens is 3. The summed E-state index contributed by atoms with van der Waals surface area (Å²) in [5.41, 5.74) is 1.38. The van der Waals surface area contributed by atoms with Crippen LogP contribution >= 0.6 is 11.6 Å². The van der Waals surface area contributed by atoms with E-state index < -0.39 is 60.2 Å². The second-order valence-electron chi connectivity index (χ2n) is 10.3. The van der Waals surface area contributed by atoms with Gasteiger partial charge in [-0.3, -0.25) is 14.4 Å². The first-order valence-corrected chi connectivity index (χ1v) is 13.1. The molecule has 200 valence electrons. The smallest absolute Gasteiger partial charge is 0.255 e. The van der Waals surface area contributed by atoms with Crippen LogP contribution in [0, 0.1) is 30.1 Å². The van der Waals surface area contributed by atoms with E-state index in [1.165, 1.54) is 4.90 Å². The number of nitrogens with zero attached hydrogens (tertiary/aromatic N) is 2. The molecular formula is C26H32ClF2N5O3. The number of carbonyl (C=O) groups is 3. The highest BCUT2D eigenvalue weighted by Gasteiger charge is 2.60. The molecule has 0 radical (unpaired) electrons. The molecule has 3 aliphatic heterocycles. The summed E-state index contributed by atoms with van der Waals surface area (Å²) in [5, 5.41) is 18.6. The summed E-state index contributed by atoms with van der Waals surface area (Å²) in [6, 6.07) is 3.18. The van der Waals surface area contributed by atoms with Crippen molar-refractivity contribution in [2.24, 2.45) is 11.8 Å². The number of rotatable bonds is 7. The van der Waals surface area contributed by atoms with Crippen LogP contribution in [-0.4, -0.2) is 59.3 Å². The molecule has 4 fully saturated rings. The predicted octanol–water partition coefficient (Wildman–Crippen LogP) is 3.39. The lowest BCUT2D eigenvalue weighted by molar-refractivity contribution is -0.194. The van der Waals surface area contributed by atoms with E-state index in [2.05, 4.69) is 16.0 Å². The lowest BCUT2D eigenvalue weighted by Gasteiger charge is -2.54. The Labute approximate surface area is 220 Å². The van der Waals surface area contributed by atoms with E-state index in [0.29, 0.717) is 30.1 Å². The van der Waals surface area contributed by atoms with Gasteiger partial charge in [-0.15, -0.1) is 0 Å². The third kappa shape index (κ3) is 5.52. The molecule has 3 N–H and O–H groups in total. The van der Waals surface area contributed by atoms with Gasteiger partial charge < -0.3 is 20.9 Å². The van der Waals surface area contributed by atoms with Gasteiger partial charge in [0.25, 0.3) is 5.92 Å². The third-order valence-electron chi connectivity index (χ3n) is 7.86. The summed E-state index contributed by atoms with van der Waals surface area (Å²) >= 11 is 6.19. The first kappa shape index (κ1) is 27.1. The van der Waals surface area contributed by atoms with Crippen LogP contribution in [0.15, 0.2) is 18.2 Å². The van der Waals surface area contributed by atoms with Gasteiger partial charge in [-0.1, -0.05) is 17.7 Å². The fraction of sp³-hybridized carbons (Fsp3) is 0.615. The van der Waals surface area contributed by atoms with Crippen LogP contribution in [0.1, 0.15) is 51.0 Å². The summed E-state index contributed by atoms with van der Waals surface area (Å²) in [5.74, 6) is -6.32. The van der Waals surface area contributed by atoms with Crippen LogP contribution in [0.3, 0.4) is 0 Å². The number of anilines is 1. The lowest BCUT2D eigenvalue weighted by Crippen LogP contribution is -2.70. The first-order valence-electron chi connectivity index (χ1n) is 12.7. The molecule has 0 unspecified atom stereocenters. The summed E-state index contributed by atoms with van der Waals surface area (Å²) in [4.78, 5) is 40.5. The van der Waals surface area contributed by atoms with Crippen molar-refractivity contribution in [3.63, 3.8) is 0 Å². The molecule has 8 nitrogen and oxygen atoms in total. The Hall–Kier alpha value is -2.93. The van der Waals surface area contributed by atoms with E-state index in [-0.39, 0.29) is 18.7 Å². The normalized spacial score (nSPS) is 28.0. The van der Waals surface area contributed by atoms with Crippen molar-refractivity contribution < 1.29 is 23.2 Å². The monoisotopic (exact) mass is 535 g/mol. The van der Waals surface area contributed by atoms with Crippen molar-refractivity contribution in [2.75, 3.05) is 11.9 Å². The Balaban J connectivity index is 1.54. The number of amides is 3. The highest BCUT2D eigenvalue weighted by molar-refractivity contribution is 6.31. The second kappa shape index (κ2) is 10.8. The maximum Gasteiger partial charge on any atom is 0.255 e. The Morgan fingerprint density at radius 2 is 2.08 bits per heavy atom. The molecule has 1 aromatic carbocycles. The minimum absolute atomic E-state index is 0.0885. The number of nitrogens with one attached hydrogen (secondary N) is 3. The third-order valence-corrected chi connectivity index (χ3v) is 8.27. The van der Waals surface area contributed by atoms with Crippen molar-refractivity contribution >= 4 is 35.0 Å². The van der Waals surface area contributed by atoms with Gasteiger partial charge in [0.1, 0.15) is 18.1 Å². The summed E-state index contributed by atoms with van der Waals surface area (Å²) in [6.07, 6.45) is 1.42. The minimum Gasteiger partial charge on any atom is -0.374 e. The Morgan fingerprint density at radius 1 is 1.32 bits per heavy atom. The SMILES string of the molecule is Cc1c(Cl)cccc1N[C@@H](C)C(=O)N1[C@H]2CC[C@@H]([C@@H]1C(=O)N[C@@H](C#N)C[C@@H]1CCCNC1=O)C(F)(F)C2. The number of carbonyl (C=O) groups excluding carboxylic acids is 3. The van der Waals surface area contributed by atoms with Crippen LogP contribution in [0.4, 0.5) is 14.5 Å². The van der Waals surface area contributed by atoms with Crippen LogP contribution in [-0.2, 0) is 14.4 Å². The van der Waals surface area contributed by atoms with Crippen LogP contribution in [0.5, 0.6) is 0 Å². The van der Waals surface area contributed by atoms with E-state index in [1.807, 2.05) is 6.07 Å². The van der Waals surface area contributed by atoms with E-state index in [0.717, 1.165) is 12.0 Å². The zero-order valence-electron chi connectivity index (χ0n) is 20.9. The zero-order chi connectivity index (χ0) is 26.9. The minimum atomic E-state index is -3.10. The van der Waals surface area contributed by atoms with Crippen LogP contribution in [0.2, 0.25) is 5.02 Å². The van der Waals surface area contributed by atoms with Crippen LogP contribution < -0.4 is 16.0 Å². The fourth-order valence-corrected chi connectivity index (χ4v) is 6.03.